The molecule has 5 rings (SSSR count). The minimum Gasteiger partial charge on any atom is -0.497 e. The van der Waals surface area contributed by atoms with Gasteiger partial charge in [-0.15, -0.1) is 0 Å². The van der Waals surface area contributed by atoms with Crippen molar-refractivity contribution >= 4 is 28.9 Å². The van der Waals surface area contributed by atoms with Crippen molar-refractivity contribution in [3.8, 4) is 22.8 Å². The van der Waals surface area contributed by atoms with Crippen LogP contribution in [0.3, 0.4) is 0 Å². The van der Waals surface area contributed by atoms with E-state index in [0.717, 1.165) is 46.5 Å². The SMILES string of the molecule is COC(=O)[C@H](CCCCNC(=O)OC(C)(C)C)NC(=O)c1ccc2c(C3CCCCC3)c3n(c2c1)CCOc1cc(OC)ccc1-3. The standard InChI is InChI=1S/C36H47N3O7/c1-36(2,3)46-35(42)37-18-10-9-13-28(34(41)44-5)38-33(40)24-14-16-26-29(21-24)39-19-20-45-30-22-25(43-4)15-17-27(30)32(39)31(26)23-11-7-6-8-12-23/h14-17,21-23,28H,6-13,18-20H2,1-5H3,(H,37,42)(H,38,40)/t28-/m0/s1. The Bertz CT molecular complexity index is 1570. The van der Waals surface area contributed by atoms with E-state index in [1.807, 2.05) is 24.3 Å². The molecule has 1 aromatic heterocycles. The molecule has 10 nitrogen and oxygen atoms in total. The number of carbonyl (C=O) groups is 3. The maximum atomic E-state index is 13.6. The minimum atomic E-state index is -0.813. The van der Waals surface area contributed by atoms with Crippen LogP contribution >= 0.6 is 0 Å². The average molecular weight is 634 g/mol. The van der Waals surface area contributed by atoms with Crippen molar-refractivity contribution in [2.45, 2.75) is 96.2 Å². The molecule has 2 heterocycles. The van der Waals surface area contributed by atoms with Crippen LogP contribution in [0.2, 0.25) is 0 Å². The fourth-order valence-electron chi connectivity index (χ4n) is 6.65. The Kier molecular flexibility index (Phi) is 10.4. The van der Waals surface area contributed by atoms with Crippen molar-refractivity contribution in [2.75, 3.05) is 27.4 Å². The lowest BCUT2D eigenvalue weighted by atomic mass is 9.81. The second kappa shape index (κ2) is 14.5. The van der Waals surface area contributed by atoms with Gasteiger partial charge in [0.25, 0.3) is 5.91 Å². The highest BCUT2D eigenvalue weighted by Crippen LogP contribution is 2.47. The third kappa shape index (κ3) is 7.59. The van der Waals surface area contributed by atoms with E-state index >= 15 is 0 Å². The summed E-state index contributed by atoms with van der Waals surface area (Å²) < 4.78 is 24.3. The van der Waals surface area contributed by atoms with Crippen LogP contribution in [0.4, 0.5) is 4.79 Å². The van der Waals surface area contributed by atoms with Crippen molar-refractivity contribution in [3.63, 3.8) is 0 Å². The average Bonchev–Trinajstić information content (AvgIpc) is 3.24. The number of alkyl carbamates (subject to hydrolysis) is 1. The number of hydrogen-bond acceptors (Lipinski definition) is 7. The number of esters is 1. The number of carbonyl (C=O) groups excluding carboxylic acids is 3. The summed E-state index contributed by atoms with van der Waals surface area (Å²) in [4.78, 5) is 38.2. The van der Waals surface area contributed by atoms with Gasteiger partial charge >= 0.3 is 12.1 Å². The summed E-state index contributed by atoms with van der Waals surface area (Å²) >= 11 is 0. The zero-order chi connectivity index (χ0) is 32.8. The lowest BCUT2D eigenvalue weighted by molar-refractivity contribution is -0.143. The monoisotopic (exact) mass is 633 g/mol. The van der Waals surface area contributed by atoms with Crippen LogP contribution in [0.15, 0.2) is 36.4 Å². The third-order valence-corrected chi connectivity index (χ3v) is 8.77. The molecular weight excluding hydrogens is 586 g/mol. The van der Waals surface area contributed by atoms with Crippen LogP contribution < -0.4 is 20.1 Å². The summed E-state index contributed by atoms with van der Waals surface area (Å²) in [6.07, 6.45) is 7.03. The number of hydrogen-bond donors (Lipinski definition) is 2. The van der Waals surface area contributed by atoms with Gasteiger partial charge in [-0.2, -0.15) is 0 Å². The largest absolute Gasteiger partial charge is 0.497 e. The van der Waals surface area contributed by atoms with Crippen molar-refractivity contribution < 1.29 is 33.3 Å². The van der Waals surface area contributed by atoms with Gasteiger partial charge in [-0.05, 0) is 88.6 Å². The molecule has 248 valence electrons. The highest BCUT2D eigenvalue weighted by molar-refractivity contribution is 6.02. The Hall–Kier alpha value is -4.21. The molecular formula is C36H47N3O7. The molecule has 0 radical (unpaired) electrons. The Morgan fingerprint density at radius 2 is 1.80 bits per heavy atom. The van der Waals surface area contributed by atoms with E-state index in [9.17, 15) is 14.4 Å². The quantitative estimate of drug-likeness (QED) is 0.188. The molecule has 2 amide bonds. The number of nitrogens with zero attached hydrogens (tertiary/aromatic N) is 1. The molecule has 0 spiro atoms. The number of unbranched alkanes of at least 4 members (excludes halogenated alkanes) is 1. The van der Waals surface area contributed by atoms with Crippen molar-refractivity contribution in [1.82, 2.24) is 15.2 Å². The van der Waals surface area contributed by atoms with Crippen LogP contribution in [0.25, 0.3) is 22.2 Å². The number of nitrogens with one attached hydrogen (secondary N) is 2. The maximum absolute atomic E-state index is 13.6. The summed E-state index contributed by atoms with van der Waals surface area (Å²) in [6.45, 7) is 6.95. The summed E-state index contributed by atoms with van der Waals surface area (Å²) in [7, 11) is 2.97. The summed E-state index contributed by atoms with van der Waals surface area (Å²) in [6, 6.07) is 11.0. The molecule has 1 aliphatic heterocycles. The number of ether oxygens (including phenoxy) is 4. The van der Waals surface area contributed by atoms with Gasteiger partial charge in [-0.1, -0.05) is 25.3 Å². The normalized spacial score (nSPS) is 15.5. The van der Waals surface area contributed by atoms with Gasteiger partial charge < -0.3 is 34.1 Å². The predicted octanol–water partition coefficient (Wildman–Crippen LogP) is 6.72. The van der Waals surface area contributed by atoms with Gasteiger partial charge in [-0.3, -0.25) is 4.79 Å². The molecule has 3 aromatic rings. The molecule has 1 saturated carbocycles. The van der Waals surface area contributed by atoms with E-state index < -0.39 is 23.7 Å². The first-order valence-electron chi connectivity index (χ1n) is 16.4. The highest BCUT2D eigenvalue weighted by Gasteiger charge is 2.30. The number of rotatable bonds is 10. The van der Waals surface area contributed by atoms with E-state index in [4.69, 9.17) is 18.9 Å². The second-order valence-electron chi connectivity index (χ2n) is 13.2. The molecule has 0 bridgehead atoms. The highest BCUT2D eigenvalue weighted by atomic mass is 16.6. The Morgan fingerprint density at radius 3 is 2.52 bits per heavy atom. The smallest absolute Gasteiger partial charge is 0.407 e. The summed E-state index contributed by atoms with van der Waals surface area (Å²) in [5.74, 6) is 1.14. The van der Waals surface area contributed by atoms with Gasteiger partial charge in [0.2, 0.25) is 0 Å². The van der Waals surface area contributed by atoms with E-state index in [2.05, 4.69) is 27.3 Å². The van der Waals surface area contributed by atoms with Crippen molar-refractivity contribution in [1.29, 1.82) is 0 Å². The number of amides is 2. The van der Waals surface area contributed by atoms with E-state index in [0.29, 0.717) is 50.4 Å². The number of methoxy groups -OCH3 is 2. The zero-order valence-electron chi connectivity index (χ0n) is 27.7. The molecule has 0 saturated heterocycles. The van der Waals surface area contributed by atoms with Gasteiger partial charge in [0.05, 0.1) is 26.5 Å². The number of fused-ring (bicyclic) bond motifs is 5. The van der Waals surface area contributed by atoms with Crippen LogP contribution in [0.5, 0.6) is 11.5 Å². The van der Waals surface area contributed by atoms with E-state index in [-0.39, 0.29) is 5.91 Å². The van der Waals surface area contributed by atoms with E-state index in [1.54, 1.807) is 27.9 Å². The van der Waals surface area contributed by atoms with Gasteiger partial charge in [0, 0.05) is 34.6 Å². The lowest BCUT2D eigenvalue weighted by Crippen LogP contribution is -2.41. The van der Waals surface area contributed by atoms with Gasteiger partial charge in [0.15, 0.2) is 0 Å². The topological polar surface area (TPSA) is 117 Å². The second-order valence-corrected chi connectivity index (χ2v) is 13.2. The van der Waals surface area contributed by atoms with Crippen LogP contribution in [0, 0.1) is 0 Å². The Morgan fingerprint density at radius 1 is 1.02 bits per heavy atom. The van der Waals surface area contributed by atoms with E-state index in [1.165, 1.54) is 31.9 Å². The summed E-state index contributed by atoms with van der Waals surface area (Å²) in [5.41, 5.74) is 4.40. The fraction of sp³-hybridized carbons (Fsp3) is 0.528. The lowest BCUT2D eigenvalue weighted by Gasteiger charge is -2.23. The first kappa shape index (κ1) is 33.2. The molecule has 1 atom stereocenters. The van der Waals surface area contributed by atoms with Crippen LogP contribution in [-0.4, -0.2) is 61.6 Å². The molecule has 10 heteroatoms. The first-order valence-corrected chi connectivity index (χ1v) is 16.4. The number of benzene rings is 2. The maximum Gasteiger partial charge on any atom is 0.407 e. The zero-order valence-corrected chi connectivity index (χ0v) is 27.7. The third-order valence-electron chi connectivity index (χ3n) is 8.77. The molecule has 2 aliphatic rings. The molecule has 2 aromatic carbocycles. The van der Waals surface area contributed by atoms with Gasteiger partial charge in [-0.25, -0.2) is 9.59 Å². The van der Waals surface area contributed by atoms with Crippen LogP contribution in [0.1, 0.15) is 94.0 Å². The Labute approximate surface area is 271 Å². The van der Waals surface area contributed by atoms with Gasteiger partial charge in [0.1, 0.15) is 29.7 Å². The molecule has 2 N–H and O–H groups in total. The summed E-state index contributed by atoms with van der Waals surface area (Å²) in [5, 5.41) is 6.78. The molecule has 0 unspecified atom stereocenters. The number of aromatic nitrogens is 1. The van der Waals surface area contributed by atoms with Crippen molar-refractivity contribution in [2.24, 2.45) is 0 Å². The molecule has 46 heavy (non-hydrogen) atoms. The fourth-order valence-corrected chi connectivity index (χ4v) is 6.65. The molecule has 1 fully saturated rings. The van der Waals surface area contributed by atoms with Crippen molar-refractivity contribution in [3.05, 3.63) is 47.5 Å². The first-order chi connectivity index (χ1) is 22.1. The van der Waals surface area contributed by atoms with Crippen LogP contribution in [-0.2, 0) is 20.8 Å². The minimum absolute atomic E-state index is 0.339. The Balaban J connectivity index is 1.38. The predicted molar refractivity (Wildman–Crippen MR) is 177 cm³/mol. The molecule has 1 aliphatic carbocycles.